The van der Waals surface area contributed by atoms with E-state index in [2.05, 4.69) is 20.8 Å². The molecule has 0 aliphatic rings. The maximum atomic E-state index is 13.4. The first-order chi connectivity index (χ1) is 9.11. The second-order valence-corrected chi connectivity index (χ2v) is 4.47. The Hall–Kier alpha value is -2.09. The summed E-state index contributed by atoms with van der Waals surface area (Å²) >= 11 is 1.01. The molecule has 0 saturated carbocycles. The lowest BCUT2D eigenvalue weighted by molar-refractivity contribution is 0.102. The predicted octanol–water partition coefficient (Wildman–Crippen LogP) is 2.50. The average Bonchev–Trinajstić information content (AvgIpc) is 2.83. The Labute approximate surface area is 111 Å². The van der Waals surface area contributed by atoms with Crippen LogP contribution in [0.1, 0.15) is 16.7 Å². The number of hydrogen-bond acceptors (Lipinski definition) is 5. The number of hydrogen-bond donors (Lipinski definition) is 2. The molecular weight excluding hydrogens is 274 g/mol. The zero-order chi connectivity index (χ0) is 13.8. The van der Waals surface area contributed by atoms with E-state index in [0.717, 1.165) is 23.5 Å². The van der Waals surface area contributed by atoms with Crippen molar-refractivity contribution in [3.05, 3.63) is 34.8 Å². The number of rotatable bonds is 4. The van der Waals surface area contributed by atoms with Crippen molar-refractivity contribution in [2.24, 2.45) is 0 Å². The van der Waals surface area contributed by atoms with Crippen molar-refractivity contribution in [1.82, 2.24) is 10.2 Å². The molecule has 100 valence electrons. The first-order valence-electron chi connectivity index (χ1n) is 5.44. The van der Waals surface area contributed by atoms with E-state index in [1.54, 1.807) is 0 Å². The number of nitrogens with zero attached hydrogens (tertiary/aromatic N) is 2. The van der Waals surface area contributed by atoms with E-state index in [-0.39, 0.29) is 5.01 Å². The summed E-state index contributed by atoms with van der Waals surface area (Å²) in [5.74, 6) is -2.39. The standard InChI is InChI=1S/C11H10F2N4OS/c1-2-14-11-17-16-10(19-11)9(18)15-8-6(12)4-3-5-7(8)13/h3-5H,2H2,1H3,(H,14,17)(H,15,18). The van der Waals surface area contributed by atoms with E-state index in [1.807, 2.05) is 6.92 Å². The minimum absolute atomic E-state index is 0.0265. The van der Waals surface area contributed by atoms with E-state index in [1.165, 1.54) is 6.07 Å². The fourth-order valence-electron chi connectivity index (χ4n) is 1.32. The summed E-state index contributed by atoms with van der Waals surface area (Å²) in [6, 6.07) is 3.33. The highest BCUT2D eigenvalue weighted by molar-refractivity contribution is 7.17. The van der Waals surface area contributed by atoms with Gasteiger partial charge in [0, 0.05) is 6.54 Å². The van der Waals surface area contributed by atoms with Gasteiger partial charge in [-0.2, -0.15) is 0 Å². The van der Waals surface area contributed by atoms with Crippen LogP contribution in [0.3, 0.4) is 0 Å². The molecule has 0 unspecified atom stereocenters. The average molecular weight is 284 g/mol. The molecule has 2 N–H and O–H groups in total. The van der Waals surface area contributed by atoms with Crippen molar-refractivity contribution in [2.75, 3.05) is 17.2 Å². The second kappa shape index (κ2) is 5.70. The van der Waals surface area contributed by atoms with Gasteiger partial charge in [-0.05, 0) is 19.1 Å². The maximum absolute atomic E-state index is 13.4. The molecule has 1 aromatic heterocycles. The number of amides is 1. The van der Waals surface area contributed by atoms with Crippen molar-refractivity contribution >= 4 is 28.1 Å². The molecule has 2 aromatic rings. The fraction of sp³-hybridized carbons (Fsp3) is 0.182. The van der Waals surface area contributed by atoms with Gasteiger partial charge in [-0.1, -0.05) is 17.4 Å². The third kappa shape index (κ3) is 3.02. The van der Waals surface area contributed by atoms with Gasteiger partial charge in [-0.25, -0.2) is 8.78 Å². The van der Waals surface area contributed by atoms with Crippen molar-refractivity contribution in [3.63, 3.8) is 0 Å². The molecule has 1 heterocycles. The molecule has 0 atom stereocenters. The molecule has 2 rings (SSSR count). The summed E-state index contributed by atoms with van der Waals surface area (Å²) in [5.41, 5.74) is -0.493. The molecule has 0 aliphatic heterocycles. The lowest BCUT2D eigenvalue weighted by Crippen LogP contribution is -2.14. The molecule has 1 amide bonds. The van der Waals surface area contributed by atoms with Crippen molar-refractivity contribution < 1.29 is 13.6 Å². The minimum Gasteiger partial charge on any atom is -0.360 e. The van der Waals surface area contributed by atoms with Crippen molar-refractivity contribution in [2.45, 2.75) is 6.92 Å². The van der Waals surface area contributed by atoms with Crippen molar-refractivity contribution in [1.29, 1.82) is 0 Å². The first-order valence-corrected chi connectivity index (χ1v) is 6.26. The molecule has 8 heteroatoms. The summed E-state index contributed by atoms with van der Waals surface area (Å²) in [7, 11) is 0. The molecule has 0 spiro atoms. The number of halogens is 2. The van der Waals surface area contributed by atoms with E-state index in [9.17, 15) is 13.6 Å². The minimum atomic E-state index is -0.843. The largest absolute Gasteiger partial charge is 0.360 e. The highest BCUT2D eigenvalue weighted by atomic mass is 32.1. The van der Waals surface area contributed by atoms with Gasteiger partial charge in [0.2, 0.25) is 10.1 Å². The highest BCUT2D eigenvalue weighted by Gasteiger charge is 2.17. The SMILES string of the molecule is CCNc1nnc(C(=O)Nc2c(F)cccc2F)s1. The van der Waals surface area contributed by atoms with Crippen LogP contribution in [0.25, 0.3) is 0 Å². The van der Waals surface area contributed by atoms with E-state index < -0.39 is 23.2 Å². The van der Waals surface area contributed by atoms with Gasteiger partial charge in [0.1, 0.15) is 17.3 Å². The molecule has 0 bridgehead atoms. The molecule has 5 nitrogen and oxygen atoms in total. The smallest absolute Gasteiger partial charge is 0.286 e. The Morgan fingerprint density at radius 1 is 1.32 bits per heavy atom. The maximum Gasteiger partial charge on any atom is 0.286 e. The van der Waals surface area contributed by atoms with E-state index in [4.69, 9.17) is 0 Å². The van der Waals surface area contributed by atoms with Crippen LogP contribution in [0.2, 0.25) is 0 Å². The molecule has 0 saturated heterocycles. The fourth-order valence-corrected chi connectivity index (χ4v) is 2.03. The number of anilines is 2. The van der Waals surface area contributed by atoms with Gasteiger partial charge in [-0.15, -0.1) is 10.2 Å². The summed E-state index contributed by atoms with van der Waals surface area (Å²) in [5, 5.41) is 12.9. The van der Waals surface area contributed by atoms with Crippen LogP contribution in [0.5, 0.6) is 0 Å². The van der Waals surface area contributed by atoms with Crippen LogP contribution in [-0.4, -0.2) is 22.6 Å². The number of para-hydroxylation sites is 1. The first kappa shape index (κ1) is 13.3. The molecule has 0 radical (unpaired) electrons. The second-order valence-electron chi connectivity index (χ2n) is 3.49. The number of benzene rings is 1. The third-order valence-electron chi connectivity index (χ3n) is 2.15. The summed E-state index contributed by atoms with van der Waals surface area (Å²) in [6.07, 6.45) is 0. The lowest BCUT2D eigenvalue weighted by Gasteiger charge is -2.04. The number of carbonyl (C=O) groups excluding carboxylic acids is 1. The Bertz CT molecular complexity index is 582. The van der Waals surface area contributed by atoms with Crippen LogP contribution in [0, 0.1) is 11.6 Å². The van der Waals surface area contributed by atoms with Crippen LogP contribution in [-0.2, 0) is 0 Å². The Morgan fingerprint density at radius 2 is 2.00 bits per heavy atom. The van der Waals surface area contributed by atoms with Crippen LogP contribution in [0.4, 0.5) is 19.6 Å². The quantitative estimate of drug-likeness (QED) is 0.905. The molecule has 19 heavy (non-hydrogen) atoms. The van der Waals surface area contributed by atoms with Crippen molar-refractivity contribution in [3.8, 4) is 0 Å². The van der Waals surface area contributed by atoms with Crippen LogP contribution >= 0.6 is 11.3 Å². The predicted molar refractivity (Wildman–Crippen MR) is 68.4 cm³/mol. The van der Waals surface area contributed by atoms with Gasteiger partial charge in [0.15, 0.2) is 0 Å². The van der Waals surface area contributed by atoms with Gasteiger partial charge in [-0.3, -0.25) is 4.79 Å². The summed E-state index contributed by atoms with van der Waals surface area (Å²) < 4.78 is 26.7. The Kier molecular flexibility index (Phi) is 4.00. The lowest BCUT2D eigenvalue weighted by atomic mass is 10.3. The third-order valence-corrected chi connectivity index (χ3v) is 3.03. The Balaban J connectivity index is 2.16. The van der Waals surface area contributed by atoms with Gasteiger partial charge in [0.05, 0.1) is 0 Å². The zero-order valence-corrected chi connectivity index (χ0v) is 10.7. The van der Waals surface area contributed by atoms with Gasteiger partial charge < -0.3 is 10.6 Å². The van der Waals surface area contributed by atoms with Crippen LogP contribution < -0.4 is 10.6 Å². The highest BCUT2D eigenvalue weighted by Crippen LogP contribution is 2.21. The molecular formula is C11H10F2N4OS. The zero-order valence-electron chi connectivity index (χ0n) is 9.91. The molecule has 0 fully saturated rings. The summed E-state index contributed by atoms with van der Waals surface area (Å²) in [4.78, 5) is 11.8. The molecule has 0 aliphatic carbocycles. The number of carbonyl (C=O) groups is 1. The molecule has 1 aromatic carbocycles. The normalized spacial score (nSPS) is 10.3. The number of aromatic nitrogens is 2. The van der Waals surface area contributed by atoms with E-state index >= 15 is 0 Å². The Morgan fingerprint density at radius 3 is 2.63 bits per heavy atom. The van der Waals surface area contributed by atoms with Gasteiger partial charge >= 0.3 is 0 Å². The van der Waals surface area contributed by atoms with Gasteiger partial charge in [0.25, 0.3) is 5.91 Å². The summed E-state index contributed by atoms with van der Waals surface area (Å²) in [6.45, 7) is 2.51. The van der Waals surface area contributed by atoms with E-state index in [0.29, 0.717) is 11.7 Å². The number of nitrogens with one attached hydrogen (secondary N) is 2. The monoisotopic (exact) mass is 284 g/mol. The van der Waals surface area contributed by atoms with Crippen LogP contribution in [0.15, 0.2) is 18.2 Å². The topological polar surface area (TPSA) is 66.9 Å².